The van der Waals surface area contributed by atoms with Crippen LogP contribution in [0.4, 0.5) is 18.9 Å². The fourth-order valence-electron chi connectivity index (χ4n) is 3.10. The molecule has 1 aliphatic rings. The summed E-state index contributed by atoms with van der Waals surface area (Å²) < 4.78 is 43.2. The van der Waals surface area contributed by atoms with Gasteiger partial charge in [-0.1, -0.05) is 28.9 Å². The molecule has 2 aromatic carbocycles. The molecule has 1 atom stereocenters. The highest BCUT2D eigenvalue weighted by atomic mass is 35.5. The van der Waals surface area contributed by atoms with Gasteiger partial charge in [0.2, 0.25) is 5.91 Å². The van der Waals surface area contributed by atoms with Gasteiger partial charge in [0.15, 0.2) is 5.82 Å². The molecular formula is C19H13ClF3N3O2. The minimum atomic E-state index is -4.41. The Morgan fingerprint density at radius 1 is 1.11 bits per heavy atom. The first-order valence-corrected chi connectivity index (χ1v) is 8.77. The molecule has 0 saturated carbocycles. The topological polar surface area (TPSA) is 59.2 Å². The van der Waals surface area contributed by atoms with Crippen molar-refractivity contribution in [3.8, 4) is 11.5 Å². The van der Waals surface area contributed by atoms with E-state index in [9.17, 15) is 18.0 Å². The third kappa shape index (κ3) is 3.47. The van der Waals surface area contributed by atoms with Crippen molar-refractivity contribution < 1.29 is 22.5 Å². The van der Waals surface area contributed by atoms with Crippen LogP contribution in [0.25, 0.3) is 11.5 Å². The molecule has 5 nitrogen and oxygen atoms in total. The summed E-state index contributed by atoms with van der Waals surface area (Å²) in [6.07, 6.45) is -4.22. The van der Waals surface area contributed by atoms with Crippen LogP contribution in [-0.2, 0) is 11.0 Å². The number of hydrogen-bond donors (Lipinski definition) is 0. The van der Waals surface area contributed by atoms with Gasteiger partial charge in [0, 0.05) is 24.4 Å². The van der Waals surface area contributed by atoms with Crippen LogP contribution < -0.4 is 4.90 Å². The van der Waals surface area contributed by atoms with Gasteiger partial charge in [-0.15, -0.1) is 0 Å². The van der Waals surface area contributed by atoms with E-state index in [0.29, 0.717) is 28.6 Å². The predicted molar refractivity (Wildman–Crippen MR) is 95.9 cm³/mol. The summed E-state index contributed by atoms with van der Waals surface area (Å²) in [4.78, 5) is 18.2. The van der Waals surface area contributed by atoms with E-state index in [-0.39, 0.29) is 24.1 Å². The zero-order valence-corrected chi connectivity index (χ0v) is 15.0. The second kappa shape index (κ2) is 6.94. The van der Waals surface area contributed by atoms with Gasteiger partial charge in [-0.2, -0.15) is 18.2 Å². The first-order chi connectivity index (χ1) is 13.3. The fraction of sp³-hybridized carbons (Fsp3) is 0.211. The monoisotopic (exact) mass is 407 g/mol. The second-order valence-electron chi connectivity index (χ2n) is 6.39. The van der Waals surface area contributed by atoms with E-state index in [1.807, 2.05) is 0 Å². The van der Waals surface area contributed by atoms with E-state index in [4.69, 9.17) is 16.1 Å². The SMILES string of the molecule is O=C1CC(c2noc(-c3ccc(C(F)(F)F)cc3)n2)CN1c1ccccc1Cl. The smallest absolute Gasteiger partial charge is 0.334 e. The van der Waals surface area contributed by atoms with E-state index in [0.717, 1.165) is 12.1 Å². The maximum Gasteiger partial charge on any atom is 0.416 e. The first-order valence-electron chi connectivity index (χ1n) is 8.39. The third-order valence-electron chi connectivity index (χ3n) is 4.53. The first kappa shape index (κ1) is 18.5. The Balaban J connectivity index is 1.54. The zero-order valence-electron chi connectivity index (χ0n) is 14.3. The van der Waals surface area contributed by atoms with Gasteiger partial charge in [-0.3, -0.25) is 4.79 Å². The normalized spacial score (nSPS) is 17.4. The maximum atomic E-state index is 12.7. The van der Waals surface area contributed by atoms with E-state index < -0.39 is 11.7 Å². The van der Waals surface area contributed by atoms with Crippen LogP contribution in [-0.4, -0.2) is 22.6 Å². The lowest BCUT2D eigenvalue weighted by molar-refractivity contribution is -0.137. The van der Waals surface area contributed by atoms with E-state index in [1.54, 1.807) is 29.2 Å². The molecule has 1 fully saturated rings. The van der Waals surface area contributed by atoms with Crippen molar-refractivity contribution in [1.29, 1.82) is 0 Å². The highest BCUT2D eigenvalue weighted by Gasteiger charge is 2.35. The summed E-state index contributed by atoms with van der Waals surface area (Å²) >= 11 is 6.17. The Morgan fingerprint density at radius 3 is 2.50 bits per heavy atom. The molecule has 28 heavy (non-hydrogen) atoms. The van der Waals surface area contributed by atoms with Crippen molar-refractivity contribution in [2.24, 2.45) is 0 Å². The van der Waals surface area contributed by atoms with Crippen LogP contribution in [0.3, 0.4) is 0 Å². The van der Waals surface area contributed by atoms with Crippen LogP contribution in [0.2, 0.25) is 5.02 Å². The maximum absolute atomic E-state index is 12.7. The Labute approximate surface area is 162 Å². The summed E-state index contributed by atoms with van der Waals surface area (Å²) in [5, 5.41) is 4.38. The van der Waals surface area contributed by atoms with Gasteiger partial charge in [-0.25, -0.2) is 0 Å². The summed E-state index contributed by atoms with van der Waals surface area (Å²) in [6, 6.07) is 11.5. The predicted octanol–water partition coefficient (Wildman–Crippen LogP) is 4.93. The fourth-order valence-corrected chi connectivity index (χ4v) is 3.34. The summed E-state index contributed by atoms with van der Waals surface area (Å²) in [7, 11) is 0. The summed E-state index contributed by atoms with van der Waals surface area (Å²) in [6.45, 7) is 0.342. The molecule has 0 radical (unpaired) electrons. The summed E-state index contributed by atoms with van der Waals surface area (Å²) in [5.74, 6) is 0.0277. The molecule has 0 bridgehead atoms. The molecule has 1 unspecified atom stereocenters. The molecule has 1 amide bonds. The van der Waals surface area contributed by atoms with Crippen molar-refractivity contribution in [1.82, 2.24) is 10.1 Å². The number of rotatable bonds is 3. The number of halogens is 4. The Kier molecular flexibility index (Phi) is 4.58. The molecule has 4 rings (SSSR count). The highest BCUT2D eigenvalue weighted by Crippen LogP contribution is 2.35. The second-order valence-corrected chi connectivity index (χ2v) is 6.80. The summed E-state index contributed by atoms with van der Waals surface area (Å²) in [5.41, 5.74) is 0.231. The highest BCUT2D eigenvalue weighted by molar-refractivity contribution is 6.33. The van der Waals surface area contributed by atoms with Gasteiger partial charge in [0.05, 0.1) is 16.3 Å². The van der Waals surface area contributed by atoms with Crippen LogP contribution >= 0.6 is 11.6 Å². The number of para-hydroxylation sites is 1. The molecule has 9 heteroatoms. The average Bonchev–Trinajstić information content (AvgIpc) is 3.29. The van der Waals surface area contributed by atoms with E-state index in [1.165, 1.54) is 12.1 Å². The lowest BCUT2D eigenvalue weighted by Crippen LogP contribution is -2.24. The lowest BCUT2D eigenvalue weighted by Gasteiger charge is -2.17. The molecule has 0 aliphatic carbocycles. The largest absolute Gasteiger partial charge is 0.416 e. The molecule has 144 valence electrons. The van der Waals surface area contributed by atoms with E-state index in [2.05, 4.69) is 10.1 Å². The molecule has 3 aromatic rings. The number of aromatic nitrogens is 2. The van der Waals surface area contributed by atoms with Crippen LogP contribution in [0.5, 0.6) is 0 Å². The number of carbonyl (C=O) groups is 1. The van der Waals surface area contributed by atoms with E-state index >= 15 is 0 Å². The number of carbonyl (C=O) groups excluding carboxylic acids is 1. The molecule has 1 saturated heterocycles. The minimum absolute atomic E-state index is 0.104. The van der Waals surface area contributed by atoms with Crippen LogP contribution in [0.1, 0.15) is 23.7 Å². The van der Waals surface area contributed by atoms with Crippen molar-refractivity contribution in [3.05, 3.63) is 64.9 Å². The number of benzene rings is 2. The zero-order chi connectivity index (χ0) is 19.9. The third-order valence-corrected chi connectivity index (χ3v) is 4.85. The van der Waals surface area contributed by atoms with Crippen molar-refractivity contribution in [3.63, 3.8) is 0 Å². The molecular weight excluding hydrogens is 395 g/mol. The molecule has 1 aromatic heterocycles. The van der Waals surface area contributed by atoms with Gasteiger partial charge in [0.1, 0.15) is 0 Å². The molecule has 0 N–H and O–H groups in total. The van der Waals surface area contributed by atoms with Crippen molar-refractivity contribution in [2.45, 2.75) is 18.5 Å². The minimum Gasteiger partial charge on any atom is -0.334 e. The number of anilines is 1. The van der Waals surface area contributed by atoms with Crippen molar-refractivity contribution >= 4 is 23.2 Å². The standard InChI is InChI=1S/C19H13ClF3N3O2/c20-14-3-1-2-4-15(14)26-10-12(9-16(26)27)17-24-18(28-25-17)11-5-7-13(8-6-11)19(21,22)23/h1-8,12H,9-10H2. The number of amides is 1. The number of nitrogens with zero attached hydrogens (tertiary/aromatic N) is 3. The molecule has 1 aliphatic heterocycles. The Morgan fingerprint density at radius 2 is 1.82 bits per heavy atom. The Hall–Kier alpha value is -2.87. The molecule has 0 spiro atoms. The van der Waals surface area contributed by atoms with Gasteiger partial charge < -0.3 is 9.42 Å². The lowest BCUT2D eigenvalue weighted by atomic mass is 10.1. The quantitative estimate of drug-likeness (QED) is 0.617. The number of hydrogen-bond acceptors (Lipinski definition) is 4. The van der Waals surface area contributed by atoms with Crippen LogP contribution in [0, 0.1) is 0 Å². The van der Waals surface area contributed by atoms with Crippen molar-refractivity contribution in [2.75, 3.05) is 11.4 Å². The molecule has 2 heterocycles. The number of alkyl halides is 3. The van der Waals surface area contributed by atoms with Gasteiger partial charge in [0.25, 0.3) is 5.89 Å². The van der Waals surface area contributed by atoms with Crippen LogP contribution in [0.15, 0.2) is 53.1 Å². The van der Waals surface area contributed by atoms with Gasteiger partial charge >= 0.3 is 6.18 Å². The average molecular weight is 408 g/mol. The Bertz CT molecular complexity index is 1020. The van der Waals surface area contributed by atoms with Gasteiger partial charge in [-0.05, 0) is 36.4 Å².